The summed E-state index contributed by atoms with van der Waals surface area (Å²) in [6, 6.07) is 4.94. The van der Waals surface area contributed by atoms with Crippen molar-refractivity contribution < 1.29 is 9.84 Å². The zero-order chi connectivity index (χ0) is 8.27. The first kappa shape index (κ1) is 7.88. The summed E-state index contributed by atoms with van der Waals surface area (Å²) in [5.74, 6) is 0.541. The first-order chi connectivity index (χ1) is 5.27. The van der Waals surface area contributed by atoms with Gasteiger partial charge in [-0.25, -0.2) is 0 Å². The van der Waals surface area contributed by atoms with Gasteiger partial charge in [0.15, 0.2) is 11.5 Å². The lowest BCUT2D eigenvalue weighted by molar-refractivity contribution is 0.373. The van der Waals surface area contributed by atoms with E-state index < -0.39 is 0 Å². The van der Waals surface area contributed by atoms with Crippen LogP contribution in [0.25, 0.3) is 0 Å². The molecule has 0 heterocycles. The molecular formula is C8H10NO2. The van der Waals surface area contributed by atoms with Crippen LogP contribution in [-0.2, 0) is 6.54 Å². The summed E-state index contributed by atoms with van der Waals surface area (Å²) in [6.07, 6.45) is 0. The molecule has 59 valence electrons. The number of methoxy groups -OCH3 is 1. The summed E-state index contributed by atoms with van der Waals surface area (Å²) in [4.78, 5) is 0. The minimum absolute atomic E-state index is 0.0947. The Kier molecular flexibility index (Phi) is 2.33. The van der Waals surface area contributed by atoms with Crippen molar-refractivity contribution in [2.24, 2.45) is 0 Å². The number of ether oxygens (including phenoxy) is 1. The molecule has 1 rings (SSSR count). The fourth-order valence-electron chi connectivity index (χ4n) is 0.846. The van der Waals surface area contributed by atoms with Crippen LogP contribution >= 0.6 is 0 Å². The number of aromatic hydroxyl groups is 1. The van der Waals surface area contributed by atoms with E-state index in [0.29, 0.717) is 5.75 Å². The molecule has 0 spiro atoms. The van der Waals surface area contributed by atoms with E-state index >= 15 is 0 Å². The molecule has 3 nitrogen and oxygen atoms in total. The second kappa shape index (κ2) is 3.25. The van der Waals surface area contributed by atoms with E-state index in [9.17, 15) is 5.11 Å². The highest BCUT2D eigenvalue weighted by molar-refractivity contribution is 5.41. The predicted molar refractivity (Wildman–Crippen MR) is 41.5 cm³/mol. The van der Waals surface area contributed by atoms with E-state index in [0.717, 1.165) is 5.56 Å². The van der Waals surface area contributed by atoms with Gasteiger partial charge in [0.2, 0.25) is 0 Å². The molecule has 0 saturated heterocycles. The van der Waals surface area contributed by atoms with Crippen molar-refractivity contribution in [3.63, 3.8) is 0 Å². The summed E-state index contributed by atoms with van der Waals surface area (Å²) in [5.41, 5.74) is 7.80. The Hall–Kier alpha value is -1.22. The van der Waals surface area contributed by atoms with Crippen LogP contribution in [-0.4, -0.2) is 12.2 Å². The van der Waals surface area contributed by atoms with Crippen molar-refractivity contribution in [1.29, 1.82) is 0 Å². The van der Waals surface area contributed by atoms with E-state index in [4.69, 9.17) is 10.5 Å². The van der Waals surface area contributed by atoms with E-state index in [1.54, 1.807) is 12.1 Å². The number of benzene rings is 1. The van der Waals surface area contributed by atoms with Crippen LogP contribution in [0.5, 0.6) is 11.5 Å². The number of rotatable bonds is 2. The summed E-state index contributed by atoms with van der Waals surface area (Å²) in [7, 11) is 1.50. The third-order valence-electron chi connectivity index (χ3n) is 1.45. The highest BCUT2D eigenvalue weighted by Gasteiger charge is 1.99. The predicted octanol–water partition coefficient (Wildman–Crippen LogP) is 1.18. The molecule has 2 N–H and O–H groups in total. The molecule has 0 fully saturated rings. The zero-order valence-electron chi connectivity index (χ0n) is 6.29. The van der Waals surface area contributed by atoms with Gasteiger partial charge in [-0.15, -0.1) is 0 Å². The quantitative estimate of drug-likeness (QED) is 0.691. The van der Waals surface area contributed by atoms with Crippen molar-refractivity contribution in [3.05, 3.63) is 23.8 Å². The van der Waals surface area contributed by atoms with Crippen LogP contribution in [0.2, 0.25) is 0 Å². The molecule has 0 bridgehead atoms. The summed E-state index contributed by atoms with van der Waals surface area (Å²) < 4.78 is 4.83. The average Bonchev–Trinajstić information content (AvgIpc) is 2.04. The maximum absolute atomic E-state index is 9.21. The SMILES string of the molecule is COc1ccc(C[NH])cc1O. The van der Waals surface area contributed by atoms with Crippen molar-refractivity contribution >= 4 is 0 Å². The number of hydrogen-bond donors (Lipinski definition) is 1. The Bertz CT molecular complexity index is 248. The minimum Gasteiger partial charge on any atom is -0.504 e. The summed E-state index contributed by atoms with van der Waals surface area (Å²) in [5, 5.41) is 9.21. The van der Waals surface area contributed by atoms with Crippen molar-refractivity contribution in [1.82, 2.24) is 5.73 Å². The number of phenols is 1. The number of hydrogen-bond acceptors (Lipinski definition) is 2. The van der Waals surface area contributed by atoms with Crippen LogP contribution in [0.3, 0.4) is 0 Å². The second-order valence-electron chi connectivity index (χ2n) is 2.18. The van der Waals surface area contributed by atoms with Gasteiger partial charge in [-0.05, 0) is 17.7 Å². The average molecular weight is 152 g/mol. The molecule has 1 aromatic rings. The third-order valence-corrected chi connectivity index (χ3v) is 1.45. The molecule has 11 heavy (non-hydrogen) atoms. The van der Waals surface area contributed by atoms with Gasteiger partial charge in [0.1, 0.15) is 0 Å². The molecule has 0 atom stereocenters. The van der Waals surface area contributed by atoms with Crippen LogP contribution in [0.4, 0.5) is 0 Å². The zero-order valence-corrected chi connectivity index (χ0v) is 6.29. The highest BCUT2D eigenvalue weighted by Crippen LogP contribution is 2.25. The molecule has 0 aliphatic rings. The van der Waals surface area contributed by atoms with Crippen LogP contribution < -0.4 is 10.5 Å². The van der Waals surface area contributed by atoms with Crippen LogP contribution in [0.15, 0.2) is 18.2 Å². The molecule has 0 amide bonds. The van der Waals surface area contributed by atoms with Gasteiger partial charge in [0, 0.05) is 6.54 Å². The lowest BCUT2D eigenvalue weighted by Gasteiger charge is -2.03. The topological polar surface area (TPSA) is 53.3 Å². The summed E-state index contributed by atoms with van der Waals surface area (Å²) >= 11 is 0. The van der Waals surface area contributed by atoms with E-state index in [-0.39, 0.29) is 12.3 Å². The largest absolute Gasteiger partial charge is 0.504 e. The van der Waals surface area contributed by atoms with Crippen molar-refractivity contribution in [2.75, 3.05) is 7.11 Å². The number of nitrogens with one attached hydrogen (secondary N) is 1. The van der Waals surface area contributed by atoms with Gasteiger partial charge in [0.05, 0.1) is 7.11 Å². The fraction of sp³-hybridized carbons (Fsp3) is 0.250. The van der Waals surface area contributed by atoms with Crippen molar-refractivity contribution in [3.8, 4) is 11.5 Å². The van der Waals surface area contributed by atoms with Gasteiger partial charge in [0.25, 0.3) is 0 Å². The normalized spacial score (nSPS) is 9.64. The minimum atomic E-state index is 0.0947. The third kappa shape index (κ3) is 1.62. The molecule has 0 aliphatic heterocycles. The van der Waals surface area contributed by atoms with Gasteiger partial charge in [-0.1, -0.05) is 6.07 Å². The standard InChI is InChI=1S/C8H10NO2/c1-11-8-3-2-6(5-9)4-7(8)10/h2-4,9-10H,5H2,1H3. The molecule has 1 radical (unpaired) electrons. The molecular weight excluding hydrogens is 142 g/mol. The first-order valence-electron chi connectivity index (χ1n) is 3.28. The molecule has 0 aliphatic carbocycles. The fourth-order valence-corrected chi connectivity index (χ4v) is 0.846. The second-order valence-corrected chi connectivity index (χ2v) is 2.18. The van der Waals surface area contributed by atoms with Crippen molar-refractivity contribution in [2.45, 2.75) is 6.54 Å². The lowest BCUT2D eigenvalue weighted by atomic mass is 10.2. The molecule has 1 aromatic carbocycles. The van der Waals surface area contributed by atoms with Crippen LogP contribution in [0, 0.1) is 0 Å². The first-order valence-corrected chi connectivity index (χ1v) is 3.28. The lowest BCUT2D eigenvalue weighted by Crippen LogP contribution is -1.87. The maximum atomic E-state index is 9.21. The Morgan fingerprint density at radius 1 is 1.55 bits per heavy atom. The van der Waals surface area contributed by atoms with Gasteiger partial charge in [-0.2, -0.15) is 0 Å². The Morgan fingerprint density at radius 3 is 2.73 bits per heavy atom. The molecule has 0 saturated carbocycles. The van der Waals surface area contributed by atoms with Crippen LogP contribution in [0.1, 0.15) is 5.56 Å². The Balaban J connectivity index is 2.99. The number of phenolic OH excluding ortho intramolecular Hbond substituents is 1. The van der Waals surface area contributed by atoms with E-state index in [1.165, 1.54) is 13.2 Å². The smallest absolute Gasteiger partial charge is 0.160 e. The van der Waals surface area contributed by atoms with Gasteiger partial charge >= 0.3 is 0 Å². The highest BCUT2D eigenvalue weighted by atomic mass is 16.5. The van der Waals surface area contributed by atoms with Gasteiger partial charge < -0.3 is 9.84 Å². The summed E-state index contributed by atoms with van der Waals surface area (Å²) in [6.45, 7) is 0.178. The monoisotopic (exact) mass is 152 g/mol. The Morgan fingerprint density at radius 2 is 2.27 bits per heavy atom. The maximum Gasteiger partial charge on any atom is 0.160 e. The Labute approximate surface area is 65.4 Å². The molecule has 0 unspecified atom stereocenters. The van der Waals surface area contributed by atoms with E-state index in [2.05, 4.69) is 0 Å². The molecule has 0 aromatic heterocycles. The molecule has 3 heteroatoms. The van der Waals surface area contributed by atoms with E-state index in [1.807, 2.05) is 0 Å². The van der Waals surface area contributed by atoms with Gasteiger partial charge in [-0.3, -0.25) is 5.73 Å².